The summed E-state index contributed by atoms with van der Waals surface area (Å²) >= 11 is 12.1. The predicted octanol–water partition coefficient (Wildman–Crippen LogP) is 3.42. The number of para-hydroxylation sites is 1. The summed E-state index contributed by atoms with van der Waals surface area (Å²) in [5, 5.41) is 3.73. The van der Waals surface area contributed by atoms with E-state index in [1.807, 2.05) is 19.1 Å². The van der Waals surface area contributed by atoms with Crippen molar-refractivity contribution in [3.05, 3.63) is 52.8 Å². The van der Waals surface area contributed by atoms with Gasteiger partial charge in [0, 0.05) is 12.4 Å². The van der Waals surface area contributed by atoms with E-state index in [1.165, 1.54) is 0 Å². The Balaban J connectivity index is 2.00. The molecule has 0 saturated carbocycles. The fourth-order valence-corrected chi connectivity index (χ4v) is 2.22. The van der Waals surface area contributed by atoms with Crippen molar-refractivity contribution in [1.82, 2.24) is 24.5 Å². The number of nitrogens with one attached hydrogen (secondary N) is 1. The zero-order chi connectivity index (χ0) is 14.8. The number of imidazole rings is 1. The number of hydrogen-bond acceptors (Lipinski definition) is 5. The third-order valence-corrected chi connectivity index (χ3v) is 3.27. The average Bonchev–Trinajstić information content (AvgIpc) is 2.97. The third-order valence-electron chi connectivity index (χ3n) is 2.79. The molecule has 0 amide bonds. The van der Waals surface area contributed by atoms with E-state index in [0.29, 0.717) is 16.9 Å². The van der Waals surface area contributed by atoms with E-state index in [-0.39, 0.29) is 5.28 Å². The molecule has 0 aliphatic rings. The van der Waals surface area contributed by atoms with Crippen LogP contribution in [0.3, 0.4) is 0 Å². The van der Waals surface area contributed by atoms with Gasteiger partial charge in [0.15, 0.2) is 0 Å². The van der Waals surface area contributed by atoms with Crippen LogP contribution in [0, 0.1) is 6.92 Å². The summed E-state index contributed by atoms with van der Waals surface area (Å²) in [4.78, 5) is 16.4. The molecule has 3 aromatic rings. The van der Waals surface area contributed by atoms with Crippen molar-refractivity contribution in [3.8, 4) is 5.95 Å². The highest BCUT2D eigenvalue weighted by Gasteiger charge is 2.10. The molecule has 1 N–H and O–H groups in total. The van der Waals surface area contributed by atoms with Crippen molar-refractivity contribution < 1.29 is 0 Å². The predicted molar refractivity (Wildman–Crippen MR) is 81.4 cm³/mol. The van der Waals surface area contributed by atoms with Gasteiger partial charge in [-0.3, -0.25) is 4.57 Å². The highest BCUT2D eigenvalue weighted by molar-refractivity contribution is 6.33. The van der Waals surface area contributed by atoms with Crippen molar-refractivity contribution in [3.63, 3.8) is 0 Å². The summed E-state index contributed by atoms with van der Waals surface area (Å²) in [5.74, 6) is 0.689. The monoisotopic (exact) mass is 320 g/mol. The lowest BCUT2D eigenvalue weighted by Gasteiger charge is -2.10. The lowest BCUT2D eigenvalue weighted by Crippen LogP contribution is -2.06. The lowest BCUT2D eigenvalue weighted by molar-refractivity contribution is 0.899. The molecule has 0 fully saturated rings. The fourth-order valence-electron chi connectivity index (χ4n) is 1.79. The minimum atomic E-state index is 0.0842. The maximum absolute atomic E-state index is 6.18. The molecule has 0 radical (unpaired) electrons. The number of halogens is 2. The van der Waals surface area contributed by atoms with Gasteiger partial charge in [0.25, 0.3) is 0 Å². The van der Waals surface area contributed by atoms with Crippen molar-refractivity contribution in [1.29, 1.82) is 0 Å². The van der Waals surface area contributed by atoms with E-state index in [9.17, 15) is 0 Å². The molecule has 6 nitrogen and oxygen atoms in total. The number of aromatic nitrogens is 5. The van der Waals surface area contributed by atoms with E-state index in [0.717, 1.165) is 11.3 Å². The standard InChI is InChI=1S/C13H10Cl2N6/c1-8-3-2-4-9(14)10(8)17-12-18-11(15)19-13(20-12)21-6-5-16-7-21/h2-7H,1H3,(H,17,18,19,20). The van der Waals surface area contributed by atoms with Crippen LogP contribution < -0.4 is 5.32 Å². The van der Waals surface area contributed by atoms with E-state index in [2.05, 4.69) is 25.3 Å². The largest absolute Gasteiger partial charge is 0.322 e. The van der Waals surface area contributed by atoms with Crippen LogP contribution in [0.15, 0.2) is 36.9 Å². The van der Waals surface area contributed by atoms with Crippen molar-refractivity contribution in [2.75, 3.05) is 5.32 Å². The van der Waals surface area contributed by atoms with Crippen LogP contribution in [0.5, 0.6) is 0 Å². The number of hydrogen-bond donors (Lipinski definition) is 1. The van der Waals surface area contributed by atoms with Gasteiger partial charge in [-0.15, -0.1) is 0 Å². The first-order valence-electron chi connectivity index (χ1n) is 6.05. The molecule has 21 heavy (non-hydrogen) atoms. The molecule has 8 heteroatoms. The lowest BCUT2D eigenvalue weighted by atomic mass is 10.2. The maximum atomic E-state index is 6.18. The Morgan fingerprint density at radius 1 is 1.14 bits per heavy atom. The van der Waals surface area contributed by atoms with Gasteiger partial charge in [-0.1, -0.05) is 23.7 Å². The molecular weight excluding hydrogens is 311 g/mol. The van der Waals surface area contributed by atoms with Crippen LogP contribution in [0.4, 0.5) is 11.6 Å². The maximum Gasteiger partial charge on any atom is 0.241 e. The highest BCUT2D eigenvalue weighted by atomic mass is 35.5. The Morgan fingerprint density at radius 2 is 2.00 bits per heavy atom. The van der Waals surface area contributed by atoms with E-state index >= 15 is 0 Å². The minimum Gasteiger partial charge on any atom is -0.322 e. The summed E-state index contributed by atoms with van der Waals surface area (Å²) in [7, 11) is 0. The Hall–Kier alpha value is -2.18. The number of aryl methyl sites for hydroxylation is 1. The molecule has 0 aliphatic carbocycles. The Bertz CT molecular complexity index is 752. The number of nitrogens with zero attached hydrogens (tertiary/aromatic N) is 5. The number of benzene rings is 1. The van der Waals surface area contributed by atoms with E-state index in [1.54, 1.807) is 29.4 Å². The molecule has 0 unspecified atom stereocenters. The quantitative estimate of drug-likeness (QED) is 0.800. The van der Waals surface area contributed by atoms with Gasteiger partial charge in [-0.05, 0) is 30.2 Å². The molecule has 2 aromatic heterocycles. The topological polar surface area (TPSA) is 68.5 Å². The molecular formula is C13H10Cl2N6. The average molecular weight is 321 g/mol. The van der Waals surface area contributed by atoms with Gasteiger partial charge in [0.05, 0.1) is 10.7 Å². The second-order valence-corrected chi connectivity index (χ2v) is 5.00. The molecule has 106 valence electrons. The summed E-state index contributed by atoms with van der Waals surface area (Å²) < 4.78 is 1.64. The Morgan fingerprint density at radius 3 is 2.71 bits per heavy atom. The smallest absolute Gasteiger partial charge is 0.241 e. The molecule has 1 aromatic carbocycles. The van der Waals surface area contributed by atoms with Gasteiger partial charge in [-0.2, -0.15) is 15.0 Å². The van der Waals surface area contributed by atoms with Gasteiger partial charge in [0.1, 0.15) is 6.33 Å². The second kappa shape index (κ2) is 5.67. The first-order chi connectivity index (χ1) is 10.1. The van der Waals surface area contributed by atoms with Crippen LogP contribution >= 0.6 is 23.2 Å². The molecule has 2 heterocycles. The normalized spacial score (nSPS) is 10.6. The molecule has 3 rings (SSSR count). The highest BCUT2D eigenvalue weighted by Crippen LogP contribution is 2.27. The molecule has 0 spiro atoms. The molecule has 0 aliphatic heterocycles. The van der Waals surface area contributed by atoms with Crippen LogP contribution in [0.1, 0.15) is 5.56 Å². The van der Waals surface area contributed by atoms with Gasteiger partial charge in [-0.25, -0.2) is 4.98 Å². The zero-order valence-electron chi connectivity index (χ0n) is 11.0. The fraction of sp³-hybridized carbons (Fsp3) is 0.0769. The van der Waals surface area contributed by atoms with Gasteiger partial charge in [0.2, 0.25) is 17.2 Å². The van der Waals surface area contributed by atoms with E-state index in [4.69, 9.17) is 23.2 Å². The summed E-state index contributed by atoms with van der Waals surface area (Å²) in [5.41, 5.74) is 1.71. The summed E-state index contributed by atoms with van der Waals surface area (Å²) in [6.45, 7) is 1.94. The second-order valence-electron chi connectivity index (χ2n) is 4.25. The number of rotatable bonds is 3. The third kappa shape index (κ3) is 2.96. The minimum absolute atomic E-state index is 0.0842. The van der Waals surface area contributed by atoms with Crippen LogP contribution in [0.2, 0.25) is 10.3 Å². The van der Waals surface area contributed by atoms with Gasteiger partial charge >= 0.3 is 0 Å². The van der Waals surface area contributed by atoms with Crippen molar-refractivity contribution >= 4 is 34.8 Å². The van der Waals surface area contributed by atoms with Gasteiger partial charge < -0.3 is 5.32 Å². The Labute approximate surface area is 130 Å². The molecule has 0 atom stereocenters. The summed E-state index contributed by atoms with van der Waals surface area (Å²) in [6.07, 6.45) is 4.93. The first kappa shape index (κ1) is 13.8. The first-order valence-corrected chi connectivity index (χ1v) is 6.81. The Kier molecular flexibility index (Phi) is 3.72. The summed E-state index contributed by atoms with van der Waals surface area (Å²) in [6, 6.07) is 5.60. The number of anilines is 2. The van der Waals surface area contributed by atoms with Crippen molar-refractivity contribution in [2.45, 2.75) is 6.92 Å². The van der Waals surface area contributed by atoms with Crippen molar-refractivity contribution in [2.24, 2.45) is 0 Å². The van der Waals surface area contributed by atoms with Crippen LogP contribution in [-0.2, 0) is 0 Å². The molecule has 0 saturated heterocycles. The SMILES string of the molecule is Cc1cccc(Cl)c1Nc1nc(Cl)nc(-n2ccnc2)n1. The van der Waals surface area contributed by atoms with Crippen LogP contribution in [-0.4, -0.2) is 24.5 Å². The molecule has 0 bridgehead atoms. The van der Waals surface area contributed by atoms with Crippen LogP contribution in [0.25, 0.3) is 5.95 Å². The zero-order valence-corrected chi connectivity index (χ0v) is 12.5. The van der Waals surface area contributed by atoms with E-state index < -0.39 is 0 Å².